The van der Waals surface area contributed by atoms with Crippen molar-refractivity contribution in [1.82, 2.24) is 4.90 Å². The molecule has 1 saturated heterocycles. The number of rotatable bonds is 4. The van der Waals surface area contributed by atoms with Crippen LogP contribution >= 0.6 is 0 Å². The normalized spacial score (nSPS) is 22.2. The molecule has 1 atom stereocenters. The lowest BCUT2D eigenvalue weighted by atomic mass is 10.1. The number of nitrogens with zero attached hydrogens (tertiary/aromatic N) is 2. The van der Waals surface area contributed by atoms with Crippen molar-refractivity contribution in [2.24, 2.45) is 5.92 Å². The molecule has 1 aliphatic carbocycles. The number of benzene rings is 1. The van der Waals surface area contributed by atoms with E-state index in [1.165, 1.54) is 4.90 Å². The Hall–Kier alpha value is -1.89. The van der Waals surface area contributed by atoms with E-state index < -0.39 is 9.84 Å². The summed E-state index contributed by atoms with van der Waals surface area (Å²) in [6, 6.07) is 6.69. The van der Waals surface area contributed by atoms with Gasteiger partial charge in [-0.3, -0.25) is 9.59 Å². The van der Waals surface area contributed by atoms with Gasteiger partial charge in [0.15, 0.2) is 9.84 Å². The molecule has 24 heavy (non-hydrogen) atoms. The fourth-order valence-electron chi connectivity index (χ4n) is 3.11. The molecule has 6 nitrogen and oxygen atoms in total. The van der Waals surface area contributed by atoms with Crippen LogP contribution in [-0.4, -0.2) is 56.8 Å². The lowest BCUT2D eigenvalue weighted by Crippen LogP contribution is -2.39. The van der Waals surface area contributed by atoms with E-state index in [9.17, 15) is 18.0 Å². The summed E-state index contributed by atoms with van der Waals surface area (Å²) in [6.45, 7) is 0. The molecule has 1 unspecified atom stereocenters. The molecule has 0 spiro atoms. The van der Waals surface area contributed by atoms with E-state index in [-0.39, 0.29) is 35.3 Å². The summed E-state index contributed by atoms with van der Waals surface area (Å²) < 4.78 is 23.3. The molecule has 2 amide bonds. The molecule has 2 fully saturated rings. The van der Waals surface area contributed by atoms with Crippen LogP contribution in [0.2, 0.25) is 0 Å². The van der Waals surface area contributed by atoms with Gasteiger partial charge in [-0.25, -0.2) is 8.42 Å². The molecule has 2 aliphatic rings. The average Bonchev–Trinajstić information content (AvgIpc) is 3.35. The SMILES string of the molecule is CN(C(=O)C1CC1)c1ccccc1C(=O)N(C)C1CCS(=O)(=O)C1. The molecule has 1 aromatic rings. The summed E-state index contributed by atoms with van der Waals surface area (Å²) in [5.41, 5.74) is 1.01. The highest BCUT2D eigenvalue weighted by Crippen LogP contribution is 2.33. The van der Waals surface area contributed by atoms with Gasteiger partial charge in [0, 0.05) is 26.1 Å². The summed E-state index contributed by atoms with van der Waals surface area (Å²) in [5.74, 6) is -0.0222. The number of hydrogen-bond acceptors (Lipinski definition) is 4. The fourth-order valence-corrected chi connectivity index (χ4v) is 4.88. The van der Waals surface area contributed by atoms with Crippen LogP contribution in [0.25, 0.3) is 0 Å². The molecule has 3 rings (SSSR count). The van der Waals surface area contributed by atoms with E-state index in [0.717, 1.165) is 12.8 Å². The highest BCUT2D eigenvalue weighted by atomic mass is 32.2. The third-order valence-electron chi connectivity index (χ3n) is 4.83. The van der Waals surface area contributed by atoms with E-state index in [2.05, 4.69) is 0 Å². The second-order valence-corrected chi connectivity index (χ2v) is 8.89. The summed E-state index contributed by atoms with van der Waals surface area (Å²) >= 11 is 0. The standard InChI is InChI=1S/C17H22N2O4S/c1-18(13-9-10-24(22,23)11-13)17(21)14-5-3-4-6-15(14)19(2)16(20)12-7-8-12/h3-6,12-13H,7-11H2,1-2H3. The van der Waals surface area contributed by atoms with E-state index >= 15 is 0 Å². The number of anilines is 1. The van der Waals surface area contributed by atoms with Gasteiger partial charge in [-0.05, 0) is 31.4 Å². The van der Waals surface area contributed by atoms with Crippen LogP contribution in [0.1, 0.15) is 29.6 Å². The summed E-state index contributed by atoms with van der Waals surface area (Å²) in [6.07, 6.45) is 2.27. The van der Waals surface area contributed by atoms with Crippen LogP contribution in [0.5, 0.6) is 0 Å². The molecule has 0 aromatic heterocycles. The van der Waals surface area contributed by atoms with Crippen molar-refractivity contribution >= 4 is 27.3 Å². The van der Waals surface area contributed by atoms with Crippen molar-refractivity contribution in [3.8, 4) is 0 Å². The van der Waals surface area contributed by atoms with Gasteiger partial charge >= 0.3 is 0 Å². The zero-order valence-electron chi connectivity index (χ0n) is 13.9. The Labute approximate surface area is 142 Å². The van der Waals surface area contributed by atoms with Crippen LogP contribution in [0.3, 0.4) is 0 Å². The van der Waals surface area contributed by atoms with Gasteiger partial charge in [0.05, 0.1) is 22.8 Å². The first-order chi connectivity index (χ1) is 11.3. The molecule has 130 valence electrons. The zero-order chi connectivity index (χ0) is 17.5. The molecule has 0 bridgehead atoms. The first-order valence-electron chi connectivity index (χ1n) is 8.14. The van der Waals surface area contributed by atoms with Crippen molar-refractivity contribution in [1.29, 1.82) is 0 Å². The molecular weight excluding hydrogens is 328 g/mol. The maximum absolute atomic E-state index is 12.9. The van der Waals surface area contributed by atoms with Gasteiger partial charge in [-0.1, -0.05) is 12.1 Å². The molecule has 7 heteroatoms. The Bertz CT molecular complexity index is 771. The largest absolute Gasteiger partial charge is 0.338 e. The van der Waals surface area contributed by atoms with Gasteiger partial charge in [0.2, 0.25) is 5.91 Å². The molecule has 1 saturated carbocycles. The monoisotopic (exact) mass is 350 g/mol. The minimum atomic E-state index is -3.06. The van der Waals surface area contributed by atoms with E-state index in [1.54, 1.807) is 43.3 Å². The Morgan fingerprint density at radius 3 is 2.33 bits per heavy atom. The van der Waals surface area contributed by atoms with Gasteiger partial charge in [-0.15, -0.1) is 0 Å². The quantitative estimate of drug-likeness (QED) is 0.821. The molecule has 1 heterocycles. The highest BCUT2D eigenvalue weighted by molar-refractivity contribution is 7.91. The maximum atomic E-state index is 12.9. The van der Waals surface area contributed by atoms with Crippen LogP contribution < -0.4 is 4.90 Å². The van der Waals surface area contributed by atoms with Crippen LogP contribution in [0.15, 0.2) is 24.3 Å². The van der Waals surface area contributed by atoms with Crippen LogP contribution in [0.4, 0.5) is 5.69 Å². The maximum Gasteiger partial charge on any atom is 0.255 e. The number of carbonyl (C=O) groups is 2. The van der Waals surface area contributed by atoms with E-state index in [4.69, 9.17) is 0 Å². The van der Waals surface area contributed by atoms with E-state index in [1.807, 2.05) is 0 Å². The predicted molar refractivity (Wildman–Crippen MR) is 91.7 cm³/mol. The molecule has 0 N–H and O–H groups in total. The van der Waals surface area contributed by atoms with Crippen molar-refractivity contribution in [3.63, 3.8) is 0 Å². The van der Waals surface area contributed by atoms with Crippen LogP contribution in [0, 0.1) is 5.92 Å². The number of hydrogen-bond donors (Lipinski definition) is 0. The lowest BCUT2D eigenvalue weighted by Gasteiger charge is -2.26. The van der Waals surface area contributed by atoms with Crippen molar-refractivity contribution in [3.05, 3.63) is 29.8 Å². The van der Waals surface area contributed by atoms with Gasteiger partial charge in [0.1, 0.15) is 0 Å². The Balaban J connectivity index is 1.83. The van der Waals surface area contributed by atoms with Crippen LogP contribution in [-0.2, 0) is 14.6 Å². The smallest absolute Gasteiger partial charge is 0.255 e. The zero-order valence-corrected chi connectivity index (χ0v) is 14.8. The third kappa shape index (κ3) is 3.31. The van der Waals surface area contributed by atoms with Gasteiger partial charge in [0.25, 0.3) is 5.91 Å². The predicted octanol–water partition coefficient (Wildman–Crippen LogP) is 1.32. The van der Waals surface area contributed by atoms with Crippen molar-refractivity contribution < 1.29 is 18.0 Å². The molecule has 1 aliphatic heterocycles. The number of amides is 2. The third-order valence-corrected chi connectivity index (χ3v) is 6.58. The number of sulfone groups is 1. The molecule has 1 aromatic carbocycles. The Kier molecular flexibility index (Phi) is 4.38. The second kappa shape index (κ2) is 6.20. The van der Waals surface area contributed by atoms with Crippen molar-refractivity contribution in [2.75, 3.05) is 30.5 Å². The average molecular weight is 350 g/mol. The fraction of sp³-hybridized carbons (Fsp3) is 0.529. The second-order valence-electron chi connectivity index (χ2n) is 6.66. The lowest BCUT2D eigenvalue weighted by molar-refractivity contribution is -0.119. The first kappa shape index (κ1) is 17.0. The first-order valence-corrected chi connectivity index (χ1v) is 9.96. The summed E-state index contributed by atoms with van der Waals surface area (Å²) in [7, 11) is 0.262. The highest BCUT2D eigenvalue weighted by Gasteiger charge is 2.36. The van der Waals surface area contributed by atoms with Gasteiger partial charge < -0.3 is 9.80 Å². The number of para-hydroxylation sites is 1. The molecular formula is C17H22N2O4S. The van der Waals surface area contributed by atoms with Crippen molar-refractivity contribution in [2.45, 2.75) is 25.3 Å². The summed E-state index contributed by atoms with van der Waals surface area (Å²) in [4.78, 5) is 28.2. The van der Waals surface area contributed by atoms with E-state index in [0.29, 0.717) is 17.7 Å². The topological polar surface area (TPSA) is 74.8 Å². The minimum Gasteiger partial charge on any atom is -0.338 e. The van der Waals surface area contributed by atoms with Gasteiger partial charge in [-0.2, -0.15) is 0 Å². The minimum absolute atomic E-state index is 0.00819. The summed E-state index contributed by atoms with van der Waals surface area (Å²) in [5, 5.41) is 0. The molecule has 0 radical (unpaired) electrons. The number of carbonyl (C=O) groups excluding carboxylic acids is 2. The Morgan fingerprint density at radius 2 is 1.75 bits per heavy atom. The Morgan fingerprint density at radius 1 is 1.08 bits per heavy atom.